The van der Waals surface area contributed by atoms with Gasteiger partial charge in [-0.3, -0.25) is 4.79 Å². The summed E-state index contributed by atoms with van der Waals surface area (Å²) in [6, 6.07) is 1.99. The summed E-state index contributed by atoms with van der Waals surface area (Å²) in [6.07, 6.45) is 3.39. The molecule has 20 heavy (non-hydrogen) atoms. The van der Waals surface area contributed by atoms with E-state index >= 15 is 0 Å². The van der Waals surface area contributed by atoms with Crippen molar-refractivity contribution in [1.29, 1.82) is 0 Å². The predicted octanol–water partition coefficient (Wildman–Crippen LogP) is 1.49. The van der Waals surface area contributed by atoms with Crippen molar-refractivity contribution in [3.05, 3.63) is 34.0 Å². The summed E-state index contributed by atoms with van der Waals surface area (Å²) in [5.74, 6) is 0.676. The maximum Gasteiger partial charge on any atom is 0.266 e. The Bertz CT molecular complexity index is 621. The van der Waals surface area contributed by atoms with Gasteiger partial charge in [0.1, 0.15) is 4.88 Å². The maximum absolute atomic E-state index is 12.3. The molecule has 1 saturated heterocycles. The van der Waals surface area contributed by atoms with E-state index in [1.54, 1.807) is 18.5 Å². The number of likely N-dealkylation sites (tertiary alicyclic amines) is 1. The minimum Gasteiger partial charge on any atom is -0.348 e. The zero-order chi connectivity index (χ0) is 14.1. The summed E-state index contributed by atoms with van der Waals surface area (Å²) in [6.45, 7) is 5.15. The van der Waals surface area contributed by atoms with Crippen LogP contribution in [0.5, 0.6) is 0 Å². The van der Waals surface area contributed by atoms with Gasteiger partial charge in [0, 0.05) is 25.5 Å². The molecule has 0 atom stereocenters. The third kappa shape index (κ3) is 2.49. The molecule has 1 amide bonds. The number of carbonyl (C=O) groups is 1. The Kier molecular flexibility index (Phi) is 3.35. The molecule has 1 aliphatic heterocycles. The molecule has 1 N–H and O–H groups in total. The van der Waals surface area contributed by atoms with E-state index in [1.807, 2.05) is 18.7 Å². The van der Waals surface area contributed by atoms with Crippen molar-refractivity contribution in [1.82, 2.24) is 19.9 Å². The number of carbonyl (C=O) groups excluding carboxylic acids is 1. The lowest BCUT2D eigenvalue weighted by atomic mass is 10.1. The highest BCUT2D eigenvalue weighted by Crippen LogP contribution is 2.22. The van der Waals surface area contributed by atoms with Crippen molar-refractivity contribution in [2.45, 2.75) is 19.9 Å². The molecule has 6 nitrogen and oxygen atoms in total. The van der Waals surface area contributed by atoms with Crippen LogP contribution in [-0.2, 0) is 0 Å². The molecule has 0 spiro atoms. The monoisotopic (exact) mass is 289 g/mol. The Morgan fingerprint density at radius 2 is 2.05 bits per heavy atom. The Hall–Kier alpha value is -2.02. The molecule has 2 aromatic heterocycles. The molecule has 104 valence electrons. The van der Waals surface area contributed by atoms with Crippen molar-refractivity contribution >= 4 is 23.2 Å². The van der Waals surface area contributed by atoms with E-state index in [2.05, 4.69) is 20.3 Å². The molecule has 2 aromatic rings. The van der Waals surface area contributed by atoms with Crippen molar-refractivity contribution in [3.8, 4) is 0 Å². The second-order valence-corrected chi connectivity index (χ2v) is 5.97. The molecule has 1 aliphatic rings. The van der Waals surface area contributed by atoms with Gasteiger partial charge in [0.25, 0.3) is 5.91 Å². The number of aryl methyl sites for hydroxylation is 2. The first-order chi connectivity index (χ1) is 9.63. The first-order valence-electron chi connectivity index (χ1n) is 6.40. The largest absolute Gasteiger partial charge is 0.348 e. The highest BCUT2D eigenvalue weighted by atomic mass is 32.1. The van der Waals surface area contributed by atoms with Gasteiger partial charge in [0.2, 0.25) is 5.95 Å². The summed E-state index contributed by atoms with van der Waals surface area (Å²) in [5, 5.41) is 4.14. The Morgan fingerprint density at radius 3 is 2.65 bits per heavy atom. The van der Waals surface area contributed by atoms with E-state index in [0.29, 0.717) is 19.0 Å². The minimum absolute atomic E-state index is 0.0696. The van der Waals surface area contributed by atoms with Gasteiger partial charge >= 0.3 is 0 Å². The highest BCUT2D eigenvalue weighted by Gasteiger charge is 2.33. The van der Waals surface area contributed by atoms with Crippen molar-refractivity contribution in [2.75, 3.05) is 18.4 Å². The number of nitrogens with zero attached hydrogens (tertiary/aromatic N) is 4. The van der Waals surface area contributed by atoms with E-state index in [0.717, 1.165) is 15.6 Å². The summed E-state index contributed by atoms with van der Waals surface area (Å²) in [7, 11) is 0. The van der Waals surface area contributed by atoms with Crippen LogP contribution in [-0.4, -0.2) is 44.9 Å². The topological polar surface area (TPSA) is 71.0 Å². The lowest BCUT2D eigenvalue weighted by molar-refractivity contribution is 0.0628. The SMILES string of the molecule is Cc1nc(C)c(C(=O)N2CC(Nc3ncccn3)C2)s1. The van der Waals surface area contributed by atoms with E-state index in [1.165, 1.54) is 11.3 Å². The Morgan fingerprint density at radius 1 is 1.35 bits per heavy atom. The molecular formula is C13H15N5OS. The van der Waals surface area contributed by atoms with Gasteiger partial charge in [0.15, 0.2) is 0 Å². The maximum atomic E-state index is 12.3. The average Bonchev–Trinajstić information content (AvgIpc) is 2.73. The third-order valence-corrected chi connectivity index (χ3v) is 4.23. The van der Waals surface area contributed by atoms with Crippen molar-refractivity contribution < 1.29 is 4.79 Å². The zero-order valence-corrected chi connectivity index (χ0v) is 12.1. The Labute approximate surface area is 120 Å². The zero-order valence-electron chi connectivity index (χ0n) is 11.3. The summed E-state index contributed by atoms with van der Waals surface area (Å²) in [4.78, 5) is 27.4. The quantitative estimate of drug-likeness (QED) is 0.927. The second-order valence-electron chi connectivity index (χ2n) is 4.77. The highest BCUT2D eigenvalue weighted by molar-refractivity contribution is 7.13. The average molecular weight is 289 g/mol. The van der Waals surface area contributed by atoms with Crippen LogP contribution in [0, 0.1) is 13.8 Å². The van der Waals surface area contributed by atoms with Crippen molar-refractivity contribution in [3.63, 3.8) is 0 Å². The molecule has 0 radical (unpaired) electrons. The lowest BCUT2D eigenvalue weighted by Crippen LogP contribution is -2.57. The Balaban J connectivity index is 1.58. The van der Waals surface area contributed by atoms with Crippen LogP contribution >= 0.6 is 11.3 Å². The molecule has 0 unspecified atom stereocenters. The van der Waals surface area contributed by atoms with E-state index < -0.39 is 0 Å². The first-order valence-corrected chi connectivity index (χ1v) is 7.22. The van der Waals surface area contributed by atoms with Gasteiger partial charge in [0.05, 0.1) is 16.7 Å². The first kappa shape index (κ1) is 13.0. The summed E-state index contributed by atoms with van der Waals surface area (Å²) < 4.78 is 0. The molecule has 0 aliphatic carbocycles. The summed E-state index contributed by atoms with van der Waals surface area (Å²) >= 11 is 1.46. The molecule has 0 saturated carbocycles. The predicted molar refractivity (Wildman–Crippen MR) is 76.9 cm³/mol. The van der Waals surface area contributed by atoms with E-state index in [4.69, 9.17) is 0 Å². The molecule has 7 heteroatoms. The fourth-order valence-corrected chi connectivity index (χ4v) is 3.05. The lowest BCUT2D eigenvalue weighted by Gasteiger charge is -2.39. The fraction of sp³-hybridized carbons (Fsp3) is 0.385. The van der Waals surface area contributed by atoms with Gasteiger partial charge in [-0.2, -0.15) is 0 Å². The van der Waals surface area contributed by atoms with Gasteiger partial charge in [-0.05, 0) is 19.9 Å². The number of amides is 1. The fourth-order valence-electron chi connectivity index (χ4n) is 2.17. The molecule has 3 heterocycles. The smallest absolute Gasteiger partial charge is 0.266 e. The normalized spacial score (nSPS) is 15.0. The second kappa shape index (κ2) is 5.16. The van der Waals surface area contributed by atoms with Gasteiger partial charge in [-0.25, -0.2) is 15.0 Å². The van der Waals surface area contributed by atoms with Crippen LogP contribution in [0.25, 0.3) is 0 Å². The number of anilines is 1. The number of rotatable bonds is 3. The van der Waals surface area contributed by atoms with Crippen LogP contribution in [0.15, 0.2) is 18.5 Å². The molecule has 0 aromatic carbocycles. The van der Waals surface area contributed by atoms with E-state index in [9.17, 15) is 4.79 Å². The standard InChI is InChI=1S/C13H15N5OS/c1-8-11(20-9(2)16-8)12(19)18-6-10(7-18)17-13-14-4-3-5-15-13/h3-5,10H,6-7H2,1-2H3,(H,14,15,17). The number of aromatic nitrogens is 3. The molecule has 3 rings (SSSR count). The van der Waals surface area contributed by atoms with Crippen LogP contribution in [0.4, 0.5) is 5.95 Å². The number of thiazole rings is 1. The van der Waals surface area contributed by atoms with Gasteiger partial charge in [-0.1, -0.05) is 0 Å². The molecule has 0 bridgehead atoms. The minimum atomic E-state index is 0.0696. The number of nitrogens with one attached hydrogen (secondary N) is 1. The molecular weight excluding hydrogens is 274 g/mol. The van der Waals surface area contributed by atoms with Crippen LogP contribution < -0.4 is 5.32 Å². The van der Waals surface area contributed by atoms with Gasteiger partial charge < -0.3 is 10.2 Å². The molecule has 1 fully saturated rings. The van der Waals surface area contributed by atoms with Crippen LogP contribution in [0.3, 0.4) is 0 Å². The summed E-state index contributed by atoms with van der Waals surface area (Å²) in [5.41, 5.74) is 0.820. The van der Waals surface area contributed by atoms with Crippen LogP contribution in [0.2, 0.25) is 0 Å². The van der Waals surface area contributed by atoms with Crippen molar-refractivity contribution in [2.24, 2.45) is 0 Å². The third-order valence-electron chi connectivity index (χ3n) is 3.17. The van der Waals surface area contributed by atoms with Crippen LogP contribution in [0.1, 0.15) is 20.4 Å². The number of hydrogen-bond donors (Lipinski definition) is 1. The van der Waals surface area contributed by atoms with Gasteiger partial charge in [-0.15, -0.1) is 11.3 Å². The number of hydrogen-bond acceptors (Lipinski definition) is 6. The van der Waals surface area contributed by atoms with E-state index in [-0.39, 0.29) is 11.9 Å².